The second-order valence-electron chi connectivity index (χ2n) is 5.35. The molecule has 1 aliphatic heterocycles. The van der Waals surface area contributed by atoms with Crippen molar-refractivity contribution >= 4 is 23.5 Å². The number of nitrogens with one attached hydrogen (secondary N) is 2. The van der Waals surface area contributed by atoms with E-state index in [0.717, 1.165) is 12.8 Å². The highest BCUT2D eigenvalue weighted by Crippen LogP contribution is 2.39. The third-order valence-electron chi connectivity index (χ3n) is 3.76. The van der Waals surface area contributed by atoms with Crippen molar-refractivity contribution in [3.05, 3.63) is 11.9 Å². The number of anilines is 2. The zero-order chi connectivity index (χ0) is 15.0. The van der Waals surface area contributed by atoms with Crippen molar-refractivity contribution in [3.8, 4) is 0 Å². The molecule has 1 aromatic rings. The minimum Gasteiger partial charge on any atom is -0.335 e. The van der Waals surface area contributed by atoms with Crippen LogP contribution in [0.25, 0.3) is 0 Å². The van der Waals surface area contributed by atoms with Gasteiger partial charge in [0, 0.05) is 12.0 Å². The first-order valence-corrected chi connectivity index (χ1v) is 7.08. The molecule has 2 aliphatic rings. The Labute approximate surface area is 122 Å². The summed E-state index contributed by atoms with van der Waals surface area (Å²) in [6, 6.07) is 1.26. The Balaban J connectivity index is 1.98. The fourth-order valence-corrected chi connectivity index (χ4v) is 2.51. The molecule has 2 fully saturated rings. The van der Waals surface area contributed by atoms with Gasteiger partial charge in [0.1, 0.15) is 23.5 Å². The number of hydrogen-bond acceptors (Lipinski definition) is 7. The van der Waals surface area contributed by atoms with Gasteiger partial charge in [-0.25, -0.2) is 15.8 Å². The molecule has 1 atom stereocenters. The number of hydrazine groups is 1. The van der Waals surface area contributed by atoms with Crippen molar-refractivity contribution in [3.63, 3.8) is 0 Å². The van der Waals surface area contributed by atoms with Gasteiger partial charge in [-0.2, -0.15) is 0 Å². The predicted molar refractivity (Wildman–Crippen MR) is 76.4 cm³/mol. The third kappa shape index (κ3) is 2.66. The quantitative estimate of drug-likeness (QED) is 0.402. The van der Waals surface area contributed by atoms with Gasteiger partial charge in [-0.15, -0.1) is 0 Å². The molecule has 1 aliphatic carbocycles. The minimum atomic E-state index is -0.407. The first kappa shape index (κ1) is 13.7. The summed E-state index contributed by atoms with van der Waals surface area (Å²) >= 11 is 0. The van der Waals surface area contributed by atoms with Crippen molar-refractivity contribution in [2.75, 3.05) is 16.9 Å². The van der Waals surface area contributed by atoms with Crippen molar-refractivity contribution < 1.29 is 9.59 Å². The average molecular weight is 290 g/mol. The fraction of sp³-hybridized carbons (Fsp3) is 0.538. The normalized spacial score (nSPS) is 22.2. The minimum absolute atomic E-state index is 0.107. The van der Waals surface area contributed by atoms with E-state index in [2.05, 4.69) is 20.7 Å². The van der Waals surface area contributed by atoms with Crippen LogP contribution in [-0.4, -0.2) is 34.4 Å². The van der Waals surface area contributed by atoms with Crippen LogP contribution in [0.3, 0.4) is 0 Å². The zero-order valence-corrected chi connectivity index (χ0v) is 11.8. The Bertz CT molecular complexity index is 586. The summed E-state index contributed by atoms with van der Waals surface area (Å²) in [7, 11) is 0. The van der Waals surface area contributed by atoms with E-state index in [1.54, 1.807) is 11.0 Å². The van der Waals surface area contributed by atoms with Gasteiger partial charge < -0.3 is 10.3 Å². The SMILES string of the molecule is CCC1C(=O)NC(=O)CN1c1cc(NN)nc(C2CC2)n1. The summed E-state index contributed by atoms with van der Waals surface area (Å²) in [6.45, 7) is 2.01. The third-order valence-corrected chi connectivity index (χ3v) is 3.76. The second kappa shape index (κ2) is 5.28. The Morgan fingerprint density at radius 3 is 2.81 bits per heavy atom. The molecule has 0 spiro atoms. The largest absolute Gasteiger partial charge is 0.335 e. The highest BCUT2D eigenvalue weighted by atomic mass is 16.2. The molecule has 21 heavy (non-hydrogen) atoms. The van der Waals surface area contributed by atoms with E-state index in [4.69, 9.17) is 5.84 Å². The van der Waals surface area contributed by atoms with Gasteiger partial charge in [0.2, 0.25) is 11.8 Å². The summed E-state index contributed by atoms with van der Waals surface area (Å²) in [5, 5.41) is 2.36. The number of rotatable bonds is 4. The zero-order valence-electron chi connectivity index (χ0n) is 11.8. The standard InChI is InChI=1S/C13H18N6O2/c1-2-8-13(21)17-11(20)6-19(8)10-5-9(18-14)15-12(16-10)7-3-4-7/h5,7-8H,2-4,6,14H2,1H3,(H,15,16,18)(H,17,20,21). The van der Waals surface area contributed by atoms with Crippen molar-refractivity contribution in [2.45, 2.75) is 38.1 Å². The average Bonchev–Trinajstić information content (AvgIpc) is 3.30. The second-order valence-corrected chi connectivity index (χ2v) is 5.35. The number of aromatic nitrogens is 2. The maximum Gasteiger partial charge on any atom is 0.249 e. The molecule has 0 bridgehead atoms. The molecule has 2 amide bonds. The van der Waals surface area contributed by atoms with E-state index in [1.165, 1.54) is 0 Å². The molecule has 8 nitrogen and oxygen atoms in total. The van der Waals surface area contributed by atoms with E-state index < -0.39 is 6.04 Å². The fourth-order valence-electron chi connectivity index (χ4n) is 2.51. The Hall–Kier alpha value is -2.22. The van der Waals surface area contributed by atoms with Crippen LogP contribution in [0.2, 0.25) is 0 Å². The number of nitrogen functional groups attached to an aromatic ring is 1. The van der Waals surface area contributed by atoms with Gasteiger partial charge in [-0.05, 0) is 19.3 Å². The number of hydrogen-bond donors (Lipinski definition) is 3. The van der Waals surface area contributed by atoms with E-state index in [-0.39, 0.29) is 18.4 Å². The number of nitrogens with zero attached hydrogens (tertiary/aromatic N) is 3. The molecule has 1 saturated heterocycles. The molecule has 0 radical (unpaired) electrons. The molecule has 1 unspecified atom stereocenters. The van der Waals surface area contributed by atoms with Crippen molar-refractivity contribution in [1.82, 2.24) is 15.3 Å². The van der Waals surface area contributed by atoms with E-state index in [0.29, 0.717) is 29.8 Å². The smallest absolute Gasteiger partial charge is 0.249 e. The molecule has 112 valence electrons. The first-order chi connectivity index (χ1) is 10.1. The summed E-state index contributed by atoms with van der Waals surface area (Å²) in [5.41, 5.74) is 2.52. The van der Waals surface area contributed by atoms with Crippen LogP contribution >= 0.6 is 0 Å². The first-order valence-electron chi connectivity index (χ1n) is 7.08. The number of piperazine rings is 1. The molecule has 2 heterocycles. The van der Waals surface area contributed by atoms with Crippen molar-refractivity contribution in [2.24, 2.45) is 5.84 Å². The van der Waals surface area contributed by atoms with Crippen LogP contribution in [0.5, 0.6) is 0 Å². The molecule has 3 rings (SSSR count). The molecular weight excluding hydrogens is 272 g/mol. The summed E-state index contributed by atoms with van der Waals surface area (Å²) in [4.78, 5) is 34.2. The van der Waals surface area contributed by atoms with Gasteiger partial charge in [0.05, 0.1) is 6.54 Å². The Morgan fingerprint density at radius 2 is 2.19 bits per heavy atom. The summed E-state index contributed by atoms with van der Waals surface area (Å²) in [6.07, 6.45) is 2.71. The van der Waals surface area contributed by atoms with E-state index >= 15 is 0 Å². The maximum absolute atomic E-state index is 11.9. The maximum atomic E-state index is 11.9. The lowest BCUT2D eigenvalue weighted by Crippen LogP contribution is -2.58. The lowest BCUT2D eigenvalue weighted by molar-refractivity contribution is -0.132. The lowest BCUT2D eigenvalue weighted by Gasteiger charge is -2.34. The van der Waals surface area contributed by atoms with Gasteiger partial charge in [-0.1, -0.05) is 6.92 Å². The van der Waals surface area contributed by atoms with Crippen LogP contribution in [0, 0.1) is 0 Å². The van der Waals surface area contributed by atoms with Crippen LogP contribution in [0.4, 0.5) is 11.6 Å². The van der Waals surface area contributed by atoms with Gasteiger partial charge in [0.25, 0.3) is 0 Å². The molecule has 0 aromatic carbocycles. The number of amides is 2. The Morgan fingerprint density at radius 1 is 1.43 bits per heavy atom. The molecule has 1 aromatic heterocycles. The van der Waals surface area contributed by atoms with E-state index in [9.17, 15) is 9.59 Å². The van der Waals surface area contributed by atoms with Crippen LogP contribution in [0.1, 0.15) is 37.9 Å². The topological polar surface area (TPSA) is 113 Å². The summed E-state index contributed by atoms with van der Waals surface area (Å²) < 4.78 is 0. The number of nitrogens with two attached hydrogens (primary N) is 1. The van der Waals surface area contributed by atoms with Crippen LogP contribution in [-0.2, 0) is 9.59 Å². The van der Waals surface area contributed by atoms with Crippen LogP contribution < -0.4 is 21.5 Å². The van der Waals surface area contributed by atoms with Gasteiger partial charge in [0.15, 0.2) is 0 Å². The predicted octanol–water partition coefficient (Wildman–Crippen LogP) is -0.119. The monoisotopic (exact) mass is 290 g/mol. The number of carbonyl (C=O) groups is 2. The highest BCUT2D eigenvalue weighted by molar-refractivity contribution is 6.04. The lowest BCUT2D eigenvalue weighted by atomic mass is 10.1. The Kier molecular flexibility index (Phi) is 3.46. The van der Waals surface area contributed by atoms with E-state index in [1.807, 2.05) is 6.92 Å². The molecular formula is C13H18N6O2. The van der Waals surface area contributed by atoms with Crippen LogP contribution in [0.15, 0.2) is 6.07 Å². The van der Waals surface area contributed by atoms with Gasteiger partial charge in [-0.3, -0.25) is 14.9 Å². The van der Waals surface area contributed by atoms with Crippen molar-refractivity contribution in [1.29, 1.82) is 0 Å². The molecule has 8 heteroatoms. The number of imide groups is 1. The number of carbonyl (C=O) groups excluding carboxylic acids is 2. The summed E-state index contributed by atoms with van der Waals surface area (Å²) in [5.74, 6) is 6.97. The highest BCUT2D eigenvalue weighted by Gasteiger charge is 2.35. The van der Waals surface area contributed by atoms with Gasteiger partial charge >= 0.3 is 0 Å². The molecule has 1 saturated carbocycles. The molecule has 4 N–H and O–H groups in total.